The van der Waals surface area contributed by atoms with E-state index in [4.69, 9.17) is 23.2 Å². The average Bonchev–Trinajstić information content (AvgIpc) is 3.07. The lowest BCUT2D eigenvalue weighted by molar-refractivity contribution is -0.117. The van der Waals surface area contributed by atoms with Crippen LogP contribution in [0.25, 0.3) is 0 Å². The minimum atomic E-state index is -3.16. The topological polar surface area (TPSA) is 66.8 Å². The van der Waals surface area contributed by atoms with Crippen LogP contribution in [0.2, 0.25) is 10.0 Å². The number of rotatable bonds is 3. The van der Waals surface area contributed by atoms with Gasteiger partial charge in [-0.3, -0.25) is 4.79 Å². The molecule has 2 aliphatic rings. The lowest BCUT2D eigenvalue weighted by Crippen LogP contribution is -2.38. The molecule has 9 heteroatoms. The van der Waals surface area contributed by atoms with Gasteiger partial charge in [-0.05, 0) is 17.7 Å². The maximum Gasteiger partial charge on any atom is 0.252 e. The number of hydrogen-bond acceptors (Lipinski definition) is 4. The summed E-state index contributed by atoms with van der Waals surface area (Å²) in [5, 5.41) is 1.02. The maximum absolute atomic E-state index is 12.6. The van der Waals surface area contributed by atoms with Gasteiger partial charge in [-0.25, -0.2) is 8.42 Å². The lowest BCUT2D eigenvalue weighted by Gasteiger charge is -2.26. The molecule has 2 heterocycles. The summed E-state index contributed by atoms with van der Waals surface area (Å²) < 4.78 is 24.3. The van der Waals surface area contributed by atoms with Crippen molar-refractivity contribution in [3.63, 3.8) is 0 Å². The van der Waals surface area contributed by atoms with Crippen molar-refractivity contribution in [3.05, 3.63) is 64.1 Å². The molecule has 2 aliphatic heterocycles. The molecular weight excluding hydrogens is 439 g/mol. The first-order valence-corrected chi connectivity index (χ1v) is 12.1. The third kappa shape index (κ3) is 3.94. The van der Waals surface area contributed by atoms with Gasteiger partial charge in [0.15, 0.2) is 15.0 Å². The number of carbonyl (C=O) groups excluding carboxylic acids is 1. The predicted octanol–water partition coefficient (Wildman–Crippen LogP) is 3.84. The van der Waals surface area contributed by atoms with Gasteiger partial charge in [0.05, 0.1) is 39.7 Å². The van der Waals surface area contributed by atoms with Crippen molar-refractivity contribution in [3.8, 4) is 0 Å². The molecule has 0 bridgehead atoms. The summed E-state index contributed by atoms with van der Waals surface area (Å²) in [6.07, 6.45) is 0.169. The number of amidine groups is 1. The molecule has 0 unspecified atom stereocenters. The number of benzene rings is 2. The fraction of sp³-hybridized carbons (Fsp3) is 0.263. The summed E-state index contributed by atoms with van der Waals surface area (Å²) in [7, 11) is -3.16. The minimum Gasteiger partial charge on any atom is -0.313 e. The van der Waals surface area contributed by atoms with E-state index in [1.165, 1.54) is 11.8 Å². The molecule has 0 N–H and O–H groups in total. The van der Waals surface area contributed by atoms with Crippen LogP contribution in [0.15, 0.2) is 53.5 Å². The van der Waals surface area contributed by atoms with Gasteiger partial charge in [-0.1, -0.05) is 71.4 Å². The van der Waals surface area contributed by atoms with Crippen molar-refractivity contribution in [1.29, 1.82) is 0 Å². The number of carbonyl (C=O) groups is 1. The van der Waals surface area contributed by atoms with E-state index in [0.717, 1.165) is 5.56 Å². The van der Waals surface area contributed by atoms with Gasteiger partial charge < -0.3 is 4.90 Å². The van der Waals surface area contributed by atoms with E-state index in [1.54, 1.807) is 23.1 Å². The maximum atomic E-state index is 12.6. The SMILES string of the molecule is O=C(Cc1ccccc1)N=C1S[C@@H]2CS(=O)(=O)C[C@@H]2N1c1c(Cl)cccc1Cl. The van der Waals surface area contributed by atoms with Gasteiger partial charge in [0.1, 0.15) is 0 Å². The van der Waals surface area contributed by atoms with E-state index in [0.29, 0.717) is 20.9 Å². The zero-order valence-corrected chi connectivity index (χ0v) is 17.7. The molecule has 0 spiro atoms. The Bertz CT molecular complexity index is 1040. The Morgan fingerprint density at radius 1 is 1.07 bits per heavy atom. The van der Waals surface area contributed by atoms with Crippen LogP contribution in [0.3, 0.4) is 0 Å². The summed E-state index contributed by atoms with van der Waals surface area (Å²) in [5.41, 5.74) is 1.36. The van der Waals surface area contributed by atoms with Crippen molar-refractivity contribution in [2.24, 2.45) is 4.99 Å². The molecule has 2 atom stereocenters. The van der Waals surface area contributed by atoms with Crippen molar-refractivity contribution < 1.29 is 13.2 Å². The molecule has 2 aromatic rings. The molecule has 1 amide bonds. The molecule has 2 aromatic carbocycles. The second kappa shape index (κ2) is 7.71. The van der Waals surface area contributed by atoms with E-state index >= 15 is 0 Å². The largest absolute Gasteiger partial charge is 0.313 e. The van der Waals surface area contributed by atoms with Crippen LogP contribution in [0.4, 0.5) is 5.69 Å². The van der Waals surface area contributed by atoms with Crippen LogP contribution in [-0.4, -0.2) is 42.3 Å². The highest BCUT2D eigenvalue weighted by Crippen LogP contribution is 2.45. The third-order valence-corrected chi connectivity index (χ3v) is 8.48. The number of sulfone groups is 1. The van der Waals surface area contributed by atoms with Crippen LogP contribution >= 0.6 is 35.0 Å². The van der Waals surface area contributed by atoms with E-state index in [9.17, 15) is 13.2 Å². The summed E-state index contributed by atoms with van der Waals surface area (Å²) in [6, 6.07) is 14.1. The Balaban J connectivity index is 1.71. The van der Waals surface area contributed by atoms with Gasteiger partial charge in [-0.15, -0.1) is 0 Å². The second-order valence-corrected chi connectivity index (χ2v) is 10.9. The average molecular weight is 455 g/mol. The molecule has 0 radical (unpaired) electrons. The lowest BCUT2D eigenvalue weighted by atomic mass is 10.1. The standard InChI is InChI=1S/C19H16Cl2N2O3S2/c20-13-7-4-8-14(21)18(13)23-15-10-28(25,26)11-16(15)27-19(23)22-17(24)9-12-5-2-1-3-6-12/h1-8,15-16H,9-11H2/t15-,16+/m0/s1. The Kier molecular flexibility index (Phi) is 5.44. The van der Waals surface area contributed by atoms with Crippen molar-refractivity contribution in [2.45, 2.75) is 17.7 Å². The summed E-state index contributed by atoms with van der Waals surface area (Å²) in [5.74, 6) is -0.269. The number of aliphatic imine (C=N–C) groups is 1. The van der Waals surface area contributed by atoms with Crippen molar-refractivity contribution >= 4 is 61.6 Å². The molecule has 146 valence electrons. The first-order chi connectivity index (χ1) is 13.3. The number of amides is 1. The monoisotopic (exact) mass is 454 g/mol. The van der Waals surface area contributed by atoms with Crippen molar-refractivity contribution in [1.82, 2.24) is 0 Å². The minimum absolute atomic E-state index is 0.0158. The summed E-state index contributed by atoms with van der Waals surface area (Å²) in [4.78, 5) is 18.6. The molecule has 2 fully saturated rings. The molecule has 28 heavy (non-hydrogen) atoms. The molecule has 5 nitrogen and oxygen atoms in total. The first kappa shape index (κ1) is 19.8. The van der Waals surface area contributed by atoms with Crippen LogP contribution < -0.4 is 4.90 Å². The normalized spacial score (nSPS) is 24.5. The highest BCUT2D eigenvalue weighted by atomic mass is 35.5. The molecule has 2 saturated heterocycles. The molecule has 0 saturated carbocycles. The first-order valence-electron chi connectivity index (χ1n) is 8.60. The fourth-order valence-electron chi connectivity index (χ4n) is 3.46. The Morgan fingerprint density at radius 3 is 2.43 bits per heavy atom. The number of para-hydroxylation sites is 1. The van der Waals surface area contributed by atoms with Gasteiger partial charge in [0.25, 0.3) is 5.91 Å². The smallest absolute Gasteiger partial charge is 0.252 e. The summed E-state index contributed by atoms with van der Waals surface area (Å²) >= 11 is 14.1. The fourth-order valence-corrected chi connectivity index (χ4v) is 7.96. The van der Waals surface area contributed by atoms with E-state index in [-0.39, 0.29) is 35.1 Å². The third-order valence-electron chi connectivity index (χ3n) is 4.66. The molecular formula is C19H16Cl2N2O3S2. The zero-order chi connectivity index (χ0) is 19.9. The van der Waals surface area contributed by atoms with Crippen LogP contribution in [0.1, 0.15) is 5.56 Å². The number of anilines is 1. The number of thioether (sulfide) groups is 1. The number of halogens is 2. The highest BCUT2D eigenvalue weighted by molar-refractivity contribution is 8.16. The Morgan fingerprint density at radius 2 is 1.75 bits per heavy atom. The summed E-state index contributed by atoms with van der Waals surface area (Å²) in [6.45, 7) is 0. The second-order valence-electron chi connectivity index (χ2n) is 6.69. The Hall–Kier alpha value is -1.54. The predicted molar refractivity (Wildman–Crippen MR) is 115 cm³/mol. The van der Waals surface area contributed by atoms with E-state index < -0.39 is 9.84 Å². The van der Waals surface area contributed by atoms with E-state index in [2.05, 4.69) is 4.99 Å². The highest BCUT2D eigenvalue weighted by Gasteiger charge is 2.50. The van der Waals surface area contributed by atoms with Crippen LogP contribution in [-0.2, 0) is 21.1 Å². The number of hydrogen-bond donors (Lipinski definition) is 0. The zero-order valence-electron chi connectivity index (χ0n) is 14.6. The van der Waals surface area contributed by atoms with Gasteiger partial charge in [0, 0.05) is 5.25 Å². The van der Waals surface area contributed by atoms with Crippen LogP contribution in [0.5, 0.6) is 0 Å². The Labute approximate surface area is 177 Å². The number of nitrogens with zero attached hydrogens (tertiary/aromatic N) is 2. The quantitative estimate of drug-likeness (QED) is 0.704. The van der Waals surface area contributed by atoms with Crippen molar-refractivity contribution in [2.75, 3.05) is 16.4 Å². The van der Waals surface area contributed by atoms with Gasteiger partial charge >= 0.3 is 0 Å². The van der Waals surface area contributed by atoms with Gasteiger partial charge in [0.2, 0.25) is 0 Å². The molecule has 0 aliphatic carbocycles. The molecule has 0 aromatic heterocycles. The number of fused-ring (bicyclic) bond motifs is 1. The van der Waals surface area contributed by atoms with Crippen LogP contribution in [0, 0.1) is 0 Å². The van der Waals surface area contributed by atoms with Gasteiger partial charge in [-0.2, -0.15) is 4.99 Å². The van der Waals surface area contributed by atoms with E-state index in [1.807, 2.05) is 30.3 Å². The molecule has 4 rings (SSSR count).